The van der Waals surface area contributed by atoms with Crippen LogP contribution in [0.3, 0.4) is 0 Å². The lowest BCUT2D eigenvalue weighted by molar-refractivity contribution is 0.0706. The van der Waals surface area contributed by atoms with Crippen molar-refractivity contribution in [2.24, 2.45) is 5.92 Å². The minimum atomic E-state index is -0.167. The maximum Gasteiger partial charge on any atom is 0.289 e. The molecule has 17 heavy (non-hydrogen) atoms. The molecule has 1 amide bonds. The van der Waals surface area contributed by atoms with E-state index in [1.54, 1.807) is 17.0 Å². The van der Waals surface area contributed by atoms with E-state index in [1.807, 2.05) is 19.9 Å². The molecule has 92 valence electrons. The Hall–Kier alpha value is -1.28. The second-order valence-electron chi connectivity index (χ2n) is 4.16. The second kappa shape index (κ2) is 6.45. The zero-order chi connectivity index (χ0) is 12.8. The van der Waals surface area contributed by atoms with Crippen molar-refractivity contribution in [2.75, 3.05) is 13.1 Å². The average molecular weight is 299 g/mol. The normalized spacial score (nSPS) is 10.3. The highest BCUT2D eigenvalue weighted by atomic mass is 79.9. The van der Waals surface area contributed by atoms with E-state index in [9.17, 15) is 4.79 Å². The molecule has 0 spiro atoms. The lowest BCUT2D eigenvalue weighted by Crippen LogP contribution is -2.34. The van der Waals surface area contributed by atoms with Crippen molar-refractivity contribution in [3.63, 3.8) is 0 Å². The minimum Gasteiger partial charge on any atom is -0.444 e. The third kappa shape index (κ3) is 4.23. The van der Waals surface area contributed by atoms with Crippen molar-refractivity contribution in [1.82, 2.24) is 4.90 Å². The molecule has 0 atom stereocenters. The van der Waals surface area contributed by atoms with Crippen LogP contribution in [-0.4, -0.2) is 23.9 Å². The summed E-state index contributed by atoms with van der Waals surface area (Å²) in [5.41, 5.74) is 0. The highest BCUT2D eigenvalue weighted by Crippen LogP contribution is 2.16. The van der Waals surface area contributed by atoms with E-state index in [2.05, 4.69) is 15.9 Å². The molecule has 1 aromatic rings. The number of rotatable bonds is 5. The Morgan fingerprint density at radius 3 is 2.76 bits per heavy atom. The summed E-state index contributed by atoms with van der Waals surface area (Å²) in [5, 5.41) is 8.59. The van der Waals surface area contributed by atoms with E-state index in [1.165, 1.54) is 0 Å². The standard InChI is InChI=1S/C12H15BrN2O2/c1-9(2)8-15(7-3-6-14)12(16)10-4-5-11(13)17-10/h4-5,9H,3,7-8H2,1-2H3. The molecule has 0 aliphatic rings. The van der Waals surface area contributed by atoms with Gasteiger partial charge < -0.3 is 9.32 Å². The molecular weight excluding hydrogens is 284 g/mol. The van der Waals surface area contributed by atoms with Gasteiger partial charge in [-0.3, -0.25) is 4.79 Å². The van der Waals surface area contributed by atoms with Gasteiger partial charge in [-0.15, -0.1) is 0 Å². The van der Waals surface area contributed by atoms with Crippen LogP contribution in [0.15, 0.2) is 21.2 Å². The van der Waals surface area contributed by atoms with Crippen LogP contribution in [-0.2, 0) is 0 Å². The molecule has 5 heteroatoms. The molecule has 0 radical (unpaired) electrons. The number of amides is 1. The maximum absolute atomic E-state index is 12.1. The summed E-state index contributed by atoms with van der Waals surface area (Å²) in [6, 6.07) is 5.37. The number of carbonyl (C=O) groups is 1. The fourth-order valence-corrected chi connectivity index (χ4v) is 1.79. The van der Waals surface area contributed by atoms with Crippen LogP contribution in [0.4, 0.5) is 0 Å². The zero-order valence-electron chi connectivity index (χ0n) is 9.94. The maximum atomic E-state index is 12.1. The number of nitriles is 1. The van der Waals surface area contributed by atoms with Crippen molar-refractivity contribution in [3.05, 3.63) is 22.6 Å². The number of hydrogen-bond donors (Lipinski definition) is 0. The van der Waals surface area contributed by atoms with Crippen LogP contribution < -0.4 is 0 Å². The molecule has 0 fully saturated rings. The van der Waals surface area contributed by atoms with Crippen molar-refractivity contribution in [2.45, 2.75) is 20.3 Å². The first kappa shape index (κ1) is 13.8. The van der Waals surface area contributed by atoms with E-state index >= 15 is 0 Å². The second-order valence-corrected chi connectivity index (χ2v) is 4.94. The van der Waals surface area contributed by atoms with Crippen LogP contribution in [0, 0.1) is 17.2 Å². The topological polar surface area (TPSA) is 57.2 Å². The summed E-state index contributed by atoms with van der Waals surface area (Å²) in [6.45, 7) is 5.13. The highest BCUT2D eigenvalue weighted by molar-refractivity contribution is 9.10. The third-order valence-corrected chi connectivity index (χ3v) is 2.58. The minimum absolute atomic E-state index is 0.167. The molecule has 1 aromatic heterocycles. The molecule has 0 saturated heterocycles. The van der Waals surface area contributed by atoms with Gasteiger partial charge in [0.1, 0.15) is 0 Å². The summed E-state index contributed by atoms with van der Waals surface area (Å²) in [4.78, 5) is 13.8. The van der Waals surface area contributed by atoms with Crippen molar-refractivity contribution < 1.29 is 9.21 Å². The summed E-state index contributed by atoms with van der Waals surface area (Å²) < 4.78 is 5.76. The fourth-order valence-electron chi connectivity index (χ4n) is 1.49. The Morgan fingerprint density at radius 2 is 2.29 bits per heavy atom. The quantitative estimate of drug-likeness (QED) is 0.839. The molecule has 0 aromatic carbocycles. The first-order chi connectivity index (χ1) is 8.04. The average Bonchev–Trinajstić information content (AvgIpc) is 2.69. The van der Waals surface area contributed by atoms with Gasteiger partial charge in [-0.2, -0.15) is 5.26 Å². The lowest BCUT2D eigenvalue weighted by Gasteiger charge is -2.22. The van der Waals surface area contributed by atoms with Gasteiger partial charge >= 0.3 is 0 Å². The van der Waals surface area contributed by atoms with E-state index < -0.39 is 0 Å². The van der Waals surface area contributed by atoms with Gasteiger partial charge in [-0.05, 0) is 34.0 Å². The Labute approximate surface area is 109 Å². The van der Waals surface area contributed by atoms with Gasteiger partial charge in [-0.1, -0.05) is 13.8 Å². The Morgan fingerprint density at radius 1 is 1.59 bits per heavy atom. The summed E-state index contributed by atoms with van der Waals surface area (Å²) >= 11 is 3.16. The highest BCUT2D eigenvalue weighted by Gasteiger charge is 2.19. The molecule has 1 rings (SSSR count). The summed E-state index contributed by atoms with van der Waals surface area (Å²) in [7, 11) is 0. The molecule has 0 saturated carbocycles. The molecular formula is C12H15BrN2O2. The number of carbonyl (C=O) groups excluding carboxylic acids is 1. The smallest absolute Gasteiger partial charge is 0.289 e. The van der Waals surface area contributed by atoms with Crippen molar-refractivity contribution in [1.29, 1.82) is 5.26 Å². The largest absolute Gasteiger partial charge is 0.444 e. The van der Waals surface area contributed by atoms with Gasteiger partial charge in [0.2, 0.25) is 0 Å². The molecule has 0 unspecified atom stereocenters. The van der Waals surface area contributed by atoms with E-state index in [0.717, 1.165) is 0 Å². The van der Waals surface area contributed by atoms with Crippen LogP contribution in [0.25, 0.3) is 0 Å². The molecule has 0 aliphatic heterocycles. The Balaban J connectivity index is 2.75. The van der Waals surface area contributed by atoms with E-state index in [0.29, 0.717) is 35.9 Å². The Bertz CT molecular complexity index is 420. The van der Waals surface area contributed by atoms with Gasteiger partial charge in [0.05, 0.1) is 12.5 Å². The monoisotopic (exact) mass is 298 g/mol. The summed E-state index contributed by atoms with van der Waals surface area (Å²) in [5.74, 6) is 0.492. The molecule has 1 heterocycles. The number of hydrogen-bond acceptors (Lipinski definition) is 3. The first-order valence-corrected chi connectivity index (χ1v) is 6.25. The predicted molar refractivity (Wildman–Crippen MR) is 67.4 cm³/mol. The molecule has 4 nitrogen and oxygen atoms in total. The predicted octanol–water partition coefficient (Wildman–Crippen LogP) is 3.05. The number of furan rings is 1. The van der Waals surface area contributed by atoms with Gasteiger partial charge in [-0.25, -0.2) is 0 Å². The molecule has 0 bridgehead atoms. The van der Waals surface area contributed by atoms with Gasteiger partial charge in [0.25, 0.3) is 5.91 Å². The fraction of sp³-hybridized carbons (Fsp3) is 0.500. The summed E-state index contributed by atoms with van der Waals surface area (Å²) in [6.07, 6.45) is 0.334. The van der Waals surface area contributed by atoms with Gasteiger partial charge in [0, 0.05) is 13.1 Å². The Kier molecular flexibility index (Phi) is 5.23. The van der Waals surface area contributed by atoms with Crippen LogP contribution in [0.1, 0.15) is 30.8 Å². The van der Waals surface area contributed by atoms with Crippen LogP contribution in [0.2, 0.25) is 0 Å². The molecule has 0 N–H and O–H groups in total. The zero-order valence-corrected chi connectivity index (χ0v) is 11.5. The van der Waals surface area contributed by atoms with Crippen molar-refractivity contribution >= 4 is 21.8 Å². The van der Waals surface area contributed by atoms with E-state index in [4.69, 9.17) is 9.68 Å². The van der Waals surface area contributed by atoms with Crippen LogP contribution >= 0.6 is 15.9 Å². The lowest BCUT2D eigenvalue weighted by atomic mass is 10.2. The first-order valence-electron chi connectivity index (χ1n) is 5.46. The van der Waals surface area contributed by atoms with Crippen molar-refractivity contribution in [3.8, 4) is 6.07 Å². The number of nitrogens with zero attached hydrogens (tertiary/aromatic N) is 2. The third-order valence-electron chi connectivity index (χ3n) is 2.15. The van der Waals surface area contributed by atoms with Gasteiger partial charge in [0.15, 0.2) is 10.4 Å². The van der Waals surface area contributed by atoms with E-state index in [-0.39, 0.29) is 5.91 Å². The van der Waals surface area contributed by atoms with Crippen LogP contribution in [0.5, 0.6) is 0 Å². The SMILES string of the molecule is CC(C)CN(CCC#N)C(=O)c1ccc(Br)o1. The molecule has 0 aliphatic carbocycles. The number of halogens is 1.